The van der Waals surface area contributed by atoms with Crippen LogP contribution in [0.15, 0.2) is 42.5 Å². The van der Waals surface area contributed by atoms with Crippen LogP contribution in [-0.2, 0) is 17.6 Å². The zero-order valence-corrected chi connectivity index (χ0v) is 11.9. The minimum atomic E-state index is 0.0646. The van der Waals surface area contributed by atoms with Crippen LogP contribution in [0.3, 0.4) is 0 Å². The van der Waals surface area contributed by atoms with E-state index in [1.54, 1.807) is 7.11 Å². The van der Waals surface area contributed by atoms with Gasteiger partial charge in [-0.2, -0.15) is 0 Å². The largest absolute Gasteiger partial charge is 0.497 e. The number of hydrogen-bond donors (Lipinski definition) is 1. The maximum absolute atomic E-state index is 11.3. The quantitative estimate of drug-likeness (QED) is 0.918. The Labute approximate surface area is 123 Å². The van der Waals surface area contributed by atoms with Gasteiger partial charge in [-0.05, 0) is 29.3 Å². The normalized spacial score (nSPS) is 12.7. The molecule has 4 nitrogen and oxygen atoms in total. The summed E-state index contributed by atoms with van der Waals surface area (Å²) in [7, 11) is 1.64. The van der Waals surface area contributed by atoms with Crippen LogP contribution in [0.5, 0.6) is 11.5 Å². The smallest absolute Gasteiger partial charge is 0.228 e. The summed E-state index contributed by atoms with van der Waals surface area (Å²) >= 11 is 0. The summed E-state index contributed by atoms with van der Waals surface area (Å²) in [6.45, 7) is 0.583. The fourth-order valence-electron chi connectivity index (χ4n) is 2.39. The van der Waals surface area contributed by atoms with Crippen molar-refractivity contribution in [3.8, 4) is 11.5 Å². The highest BCUT2D eigenvalue weighted by atomic mass is 16.5. The molecule has 0 aromatic heterocycles. The van der Waals surface area contributed by atoms with Crippen molar-refractivity contribution >= 4 is 11.6 Å². The van der Waals surface area contributed by atoms with Gasteiger partial charge in [0.2, 0.25) is 5.91 Å². The number of fused-ring (bicyclic) bond motifs is 1. The number of carbonyl (C=O) groups is 1. The number of rotatable bonds is 5. The number of ether oxygens (including phenoxy) is 2. The molecular formula is C17H17NO3. The Balaban J connectivity index is 1.58. The van der Waals surface area contributed by atoms with E-state index in [2.05, 4.69) is 5.32 Å². The van der Waals surface area contributed by atoms with E-state index in [1.807, 2.05) is 42.5 Å². The van der Waals surface area contributed by atoms with E-state index < -0.39 is 0 Å². The molecule has 0 atom stereocenters. The Morgan fingerprint density at radius 2 is 2.00 bits per heavy atom. The van der Waals surface area contributed by atoms with Crippen LogP contribution in [0.4, 0.5) is 5.69 Å². The Morgan fingerprint density at radius 1 is 1.14 bits per heavy atom. The molecule has 0 bridgehead atoms. The van der Waals surface area contributed by atoms with Crippen LogP contribution < -0.4 is 14.8 Å². The van der Waals surface area contributed by atoms with Gasteiger partial charge in [-0.15, -0.1) is 0 Å². The average molecular weight is 283 g/mol. The highest BCUT2D eigenvalue weighted by molar-refractivity contribution is 5.99. The van der Waals surface area contributed by atoms with Crippen LogP contribution in [0.2, 0.25) is 0 Å². The van der Waals surface area contributed by atoms with Gasteiger partial charge in [0.15, 0.2) is 0 Å². The predicted molar refractivity (Wildman–Crippen MR) is 81.0 cm³/mol. The first-order valence-electron chi connectivity index (χ1n) is 6.93. The molecule has 1 N–H and O–H groups in total. The molecule has 2 aromatic carbocycles. The van der Waals surface area contributed by atoms with Crippen molar-refractivity contribution in [1.29, 1.82) is 0 Å². The van der Waals surface area contributed by atoms with Crippen molar-refractivity contribution < 1.29 is 14.3 Å². The molecule has 0 unspecified atom stereocenters. The molecule has 0 saturated heterocycles. The van der Waals surface area contributed by atoms with Crippen LogP contribution in [0.25, 0.3) is 0 Å². The van der Waals surface area contributed by atoms with Crippen molar-refractivity contribution in [2.24, 2.45) is 0 Å². The number of amides is 1. The van der Waals surface area contributed by atoms with Gasteiger partial charge in [0.05, 0.1) is 20.1 Å². The van der Waals surface area contributed by atoms with Crippen molar-refractivity contribution in [2.45, 2.75) is 12.8 Å². The molecule has 3 rings (SSSR count). The molecule has 1 amide bonds. The highest BCUT2D eigenvalue weighted by Gasteiger charge is 2.17. The average Bonchev–Trinajstić information content (AvgIpc) is 2.87. The third kappa shape index (κ3) is 3.16. The number of nitrogens with one attached hydrogen (secondary N) is 1. The SMILES string of the molecule is COc1cccc(OCCc2ccc3c(c2)NC(=O)C3)c1. The van der Waals surface area contributed by atoms with E-state index in [-0.39, 0.29) is 5.91 Å². The molecule has 1 heterocycles. The molecule has 0 saturated carbocycles. The number of hydrogen-bond acceptors (Lipinski definition) is 3. The van der Waals surface area contributed by atoms with E-state index in [4.69, 9.17) is 9.47 Å². The monoisotopic (exact) mass is 283 g/mol. The summed E-state index contributed by atoms with van der Waals surface area (Å²) < 4.78 is 10.9. The zero-order valence-electron chi connectivity index (χ0n) is 11.9. The fraction of sp³-hybridized carbons (Fsp3) is 0.235. The Bertz CT molecular complexity index is 667. The highest BCUT2D eigenvalue weighted by Crippen LogP contribution is 2.24. The molecule has 0 fully saturated rings. The van der Waals surface area contributed by atoms with Crippen molar-refractivity contribution in [3.05, 3.63) is 53.6 Å². The Kier molecular flexibility index (Phi) is 3.77. The van der Waals surface area contributed by atoms with Crippen molar-refractivity contribution in [1.82, 2.24) is 0 Å². The van der Waals surface area contributed by atoms with E-state index in [1.165, 1.54) is 0 Å². The van der Waals surface area contributed by atoms with Gasteiger partial charge in [0.1, 0.15) is 11.5 Å². The number of anilines is 1. The predicted octanol–water partition coefficient (Wildman–Crippen LogP) is 2.81. The van der Waals surface area contributed by atoms with Crippen LogP contribution in [-0.4, -0.2) is 19.6 Å². The first-order valence-corrected chi connectivity index (χ1v) is 6.93. The summed E-state index contributed by atoms with van der Waals surface area (Å²) in [5, 5.41) is 2.86. The van der Waals surface area contributed by atoms with Gasteiger partial charge in [0.25, 0.3) is 0 Å². The number of methoxy groups -OCH3 is 1. The van der Waals surface area contributed by atoms with Crippen molar-refractivity contribution in [2.75, 3.05) is 19.0 Å². The number of benzene rings is 2. The molecule has 2 aromatic rings. The maximum atomic E-state index is 11.3. The Hall–Kier alpha value is -2.49. The molecule has 0 aliphatic carbocycles. The van der Waals surface area contributed by atoms with E-state index in [0.29, 0.717) is 13.0 Å². The second-order valence-electron chi connectivity index (χ2n) is 4.99. The maximum Gasteiger partial charge on any atom is 0.228 e. The van der Waals surface area contributed by atoms with Gasteiger partial charge in [-0.3, -0.25) is 4.79 Å². The van der Waals surface area contributed by atoms with Gasteiger partial charge in [-0.1, -0.05) is 18.2 Å². The summed E-state index contributed by atoms with van der Waals surface area (Å²) in [5.41, 5.74) is 3.15. The molecule has 1 aliphatic rings. The molecule has 108 valence electrons. The lowest BCUT2D eigenvalue weighted by Gasteiger charge is -2.08. The van der Waals surface area contributed by atoms with Crippen LogP contribution in [0.1, 0.15) is 11.1 Å². The van der Waals surface area contributed by atoms with Gasteiger partial charge < -0.3 is 14.8 Å². The Morgan fingerprint density at radius 3 is 2.86 bits per heavy atom. The second-order valence-corrected chi connectivity index (χ2v) is 4.99. The number of carbonyl (C=O) groups excluding carboxylic acids is 1. The summed E-state index contributed by atoms with van der Waals surface area (Å²) in [6, 6.07) is 13.6. The van der Waals surface area contributed by atoms with Gasteiger partial charge >= 0.3 is 0 Å². The van der Waals surface area contributed by atoms with E-state index >= 15 is 0 Å². The second kappa shape index (κ2) is 5.87. The first-order chi connectivity index (χ1) is 10.2. The molecule has 1 aliphatic heterocycles. The lowest BCUT2D eigenvalue weighted by atomic mass is 10.1. The zero-order chi connectivity index (χ0) is 14.7. The first kappa shape index (κ1) is 13.5. The van der Waals surface area contributed by atoms with Crippen molar-refractivity contribution in [3.63, 3.8) is 0 Å². The molecule has 4 heteroatoms. The standard InChI is InChI=1S/C17H17NO3/c1-20-14-3-2-4-15(11-14)21-8-7-12-5-6-13-10-17(19)18-16(13)9-12/h2-6,9,11H,7-8,10H2,1H3,(H,18,19). The van der Waals surface area contributed by atoms with Gasteiger partial charge in [-0.25, -0.2) is 0 Å². The molecular weight excluding hydrogens is 266 g/mol. The van der Waals surface area contributed by atoms with E-state index in [9.17, 15) is 4.79 Å². The minimum absolute atomic E-state index is 0.0646. The van der Waals surface area contributed by atoms with Crippen LogP contribution in [0, 0.1) is 0 Å². The lowest BCUT2D eigenvalue weighted by molar-refractivity contribution is -0.115. The van der Waals surface area contributed by atoms with Gasteiger partial charge in [0, 0.05) is 18.2 Å². The minimum Gasteiger partial charge on any atom is -0.497 e. The molecule has 21 heavy (non-hydrogen) atoms. The fourth-order valence-corrected chi connectivity index (χ4v) is 2.39. The lowest BCUT2D eigenvalue weighted by Crippen LogP contribution is -2.04. The van der Waals surface area contributed by atoms with Crippen LogP contribution >= 0.6 is 0 Å². The van der Waals surface area contributed by atoms with E-state index in [0.717, 1.165) is 34.7 Å². The molecule has 0 radical (unpaired) electrons. The summed E-state index contributed by atoms with van der Waals surface area (Å²) in [4.78, 5) is 11.3. The topological polar surface area (TPSA) is 47.6 Å². The summed E-state index contributed by atoms with van der Waals surface area (Å²) in [5.74, 6) is 1.64. The third-order valence-electron chi connectivity index (χ3n) is 3.50. The molecule has 0 spiro atoms. The third-order valence-corrected chi connectivity index (χ3v) is 3.50. The summed E-state index contributed by atoms with van der Waals surface area (Å²) in [6.07, 6.45) is 1.27.